The minimum Gasteiger partial charge on any atom is -0.478 e. The normalized spacial score (nSPS) is 9.61. The molecule has 1 aromatic rings. The lowest BCUT2D eigenvalue weighted by Gasteiger charge is -1.94. The number of carbonyl (C=O) groups excluding carboxylic acids is 1. The molecule has 1 aromatic carbocycles. The lowest BCUT2D eigenvalue weighted by molar-refractivity contribution is -0.136. The second kappa shape index (κ2) is 6.92. The summed E-state index contributed by atoms with van der Waals surface area (Å²) in [7, 11) is 0. The van der Waals surface area contributed by atoms with Gasteiger partial charge < -0.3 is 9.84 Å². The molecule has 92 valence electrons. The van der Waals surface area contributed by atoms with Crippen LogP contribution in [0, 0.1) is 11.8 Å². The van der Waals surface area contributed by atoms with Gasteiger partial charge in [-0.25, -0.2) is 9.59 Å². The number of carbonyl (C=O) groups is 2. The molecule has 0 heterocycles. The van der Waals surface area contributed by atoms with E-state index in [0.29, 0.717) is 12.2 Å². The zero-order valence-corrected chi connectivity index (χ0v) is 9.84. The van der Waals surface area contributed by atoms with Gasteiger partial charge >= 0.3 is 11.9 Å². The fraction of sp³-hybridized carbons (Fsp3) is 0.143. The molecule has 0 aliphatic carbocycles. The Morgan fingerprint density at radius 2 is 2.00 bits per heavy atom. The van der Waals surface area contributed by atoms with Gasteiger partial charge in [-0.3, -0.25) is 0 Å². The first kappa shape index (κ1) is 13.5. The van der Waals surface area contributed by atoms with Crippen molar-refractivity contribution in [2.45, 2.75) is 6.92 Å². The van der Waals surface area contributed by atoms with Crippen LogP contribution < -0.4 is 0 Å². The molecule has 0 radical (unpaired) electrons. The van der Waals surface area contributed by atoms with Crippen LogP contribution in [-0.4, -0.2) is 23.7 Å². The fourth-order valence-corrected chi connectivity index (χ4v) is 1.14. The third kappa shape index (κ3) is 4.99. The zero-order chi connectivity index (χ0) is 13.4. The number of esters is 1. The average Bonchev–Trinajstić information content (AvgIpc) is 2.35. The largest absolute Gasteiger partial charge is 0.478 e. The summed E-state index contributed by atoms with van der Waals surface area (Å²) in [5.74, 6) is 3.44. The van der Waals surface area contributed by atoms with Crippen molar-refractivity contribution in [1.82, 2.24) is 0 Å². The van der Waals surface area contributed by atoms with Crippen LogP contribution in [0.25, 0.3) is 6.08 Å². The summed E-state index contributed by atoms with van der Waals surface area (Å²) in [5, 5.41) is 8.46. The molecule has 18 heavy (non-hydrogen) atoms. The van der Waals surface area contributed by atoms with Gasteiger partial charge in [-0.2, -0.15) is 0 Å². The molecule has 0 aromatic heterocycles. The number of ether oxygens (including phenoxy) is 1. The third-order valence-corrected chi connectivity index (χ3v) is 1.91. The lowest BCUT2D eigenvalue weighted by Crippen LogP contribution is -1.99. The quantitative estimate of drug-likeness (QED) is 0.499. The van der Waals surface area contributed by atoms with E-state index in [-0.39, 0.29) is 0 Å². The van der Waals surface area contributed by atoms with Crippen LogP contribution in [0.2, 0.25) is 0 Å². The van der Waals surface area contributed by atoms with Gasteiger partial charge in [0.1, 0.15) is 0 Å². The van der Waals surface area contributed by atoms with Crippen LogP contribution in [0.3, 0.4) is 0 Å². The number of carboxylic acid groups (broad SMARTS) is 1. The van der Waals surface area contributed by atoms with E-state index in [4.69, 9.17) is 5.11 Å². The van der Waals surface area contributed by atoms with Crippen LogP contribution in [0.15, 0.2) is 30.3 Å². The molecular weight excluding hydrogens is 232 g/mol. The molecule has 0 saturated carbocycles. The van der Waals surface area contributed by atoms with Crippen LogP contribution in [0.5, 0.6) is 0 Å². The second-order valence-electron chi connectivity index (χ2n) is 3.26. The van der Waals surface area contributed by atoms with Crippen molar-refractivity contribution in [1.29, 1.82) is 0 Å². The number of carboxylic acids is 1. The van der Waals surface area contributed by atoms with Crippen LogP contribution >= 0.6 is 0 Å². The lowest BCUT2D eigenvalue weighted by atomic mass is 10.1. The van der Waals surface area contributed by atoms with E-state index in [1.54, 1.807) is 31.2 Å². The van der Waals surface area contributed by atoms with E-state index in [0.717, 1.165) is 11.6 Å². The number of hydrogen-bond acceptors (Lipinski definition) is 3. The monoisotopic (exact) mass is 244 g/mol. The highest BCUT2D eigenvalue weighted by atomic mass is 16.5. The van der Waals surface area contributed by atoms with E-state index < -0.39 is 11.9 Å². The molecule has 1 rings (SSSR count). The summed E-state index contributed by atoms with van der Waals surface area (Å²) in [4.78, 5) is 21.3. The standard InChI is InChI=1S/C14H12O4/c1-2-18-14(17)10-8-12-5-3-11(4-6-12)7-9-13(15)16/h3-7,9H,2H2,1H3,(H,15,16)/b9-7+. The van der Waals surface area contributed by atoms with Gasteiger partial charge in [-0.15, -0.1) is 0 Å². The summed E-state index contributed by atoms with van der Waals surface area (Å²) >= 11 is 0. The van der Waals surface area contributed by atoms with Crippen molar-refractivity contribution in [3.8, 4) is 11.8 Å². The Morgan fingerprint density at radius 3 is 2.56 bits per heavy atom. The minimum atomic E-state index is -0.999. The highest BCUT2D eigenvalue weighted by molar-refractivity contribution is 5.89. The summed E-state index contributed by atoms with van der Waals surface area (Å²) in [6.07, 6.45) is 2.53. The molecule has 0 aliphatic rings. The van der Waals surface area contributed by atoms with E-state index in [9.17, 15) is 9.59 Å². The molecule has 0 fully saturated rings. The van der Waals surface area contributed by atoms with E-state index in [2.05, 4.69) is 16.6 Å². The molecule has 4 heteroatoms. The van der Waals surface area contributed by atoms with Gasteiger partial charge in [0.2, 0.25) is 0 Å². The van der Waals surface area contributed by atoms with Gasteiger partial charge in [0.15, 0.2) is 0 Å². The highest BCUT2D eigenvalue weighted by Gasteiger charge is 1.94. The van der Waals surface area contributed by atoms with Crippen LogP contribution in [-0.2, 0) is 14.3 Å². The van der Waals surface area contributed by atoms with Gasteiger partial charge in [0.25, 0.3) is 0 Å². The first-order valence-corrected chi connectivity index (χ1v) is 5.31. The molecule has 0 unspecified atom stereocenters. The Kier molecular flexibility index (Phi) is 5.20. The molecule has 4 nitrogen and oxygen atoms in total. The number of aliphatic carboxylic acids is 1. The Labute approximate surface area is 105 Å². The van der Waals surface area contributed by atoms with Crippen molar-refractivity contribution in [3.63, 3.8) is 0 Å². The van der Waals surface area contributed by atoms with Gasteiger partial charge in [0, 0.05) is 17.6 Å². The maximum Gasteiger partial charge on any atom is 0.384 e. The molecule has 0 amide bonds. The van der Waals surface area contributed by atoms with Gasteiger partial charge in [-0.1, -0.05) is 18.1 Å². The summed E-state index contributed by atoms with van der Waals surface area (Å²) in [6, 6.07) is 6.84. The van der Waals surface area contributed by atoms with E-state index in [1.807, 2.05) is 0 Å². The van der Waals surface area contributed by atoms with Crippen LogP contribution in [0.4, 0.5) is 0 Å². The van der Waals surface area contributed by atoms with Gasteiger partial charge in [0.05, 0.1) is 6.61 Å². The predicted molar refractivity (Wildman–Crippen MR) is 66.6 cm³/mol. The maximum absolute atomic E-state index is 11.0. The number of hydrogen-bond donors (Lipinski definition) is 1. The Hall–Kier alpha value is -2.54. The first-order chi connectivity index (χ1) is 8.61. The van der Waals surface area contributed by atoms with Crippen molar-refractivity contribution >= 4 is 18.0 Å². The van der Waals surface area contributed by atoms with Crippen molar-refractivity contribution < 1.29 is 19.4 Å². The fourth-order valence-electron chi connectivity index (χ4n) is 1.14. The van der Waals surface area contributed by atoms with Crippen molar-refractivity contribution in [2.75, 3.05) is 6.61 Å². The zero-order valence-electron chi connectivity index (χ0n) is 9.84. The SMILES string of the molecule is CCOC(=O)C#Cc1ccc(/C=C/C(=O)O)cc1. The molecule has 0 aliphatic heterocycles. The van der Waals surface area contributed by atoms with Gasteiger partial charge in [-0.05, 0) is 30.7 Å². The molecule has 0 atom stereocenters. The Balaban J connectivity index is 2.71. The predicted octanol–water partition coefficient (Wildman–Crippen LogP) is 1.70. The molecule has 1 N–H and O–H groups in total. The number of rotatable bonds is 3. The Morgan fingerprint density at radius 1 is 1.33 bits per heavy atom. The molecule has 0 spiro atoms. The third-order valence-electron chi connectivity index (χ3n) is 1.91. The van der Waals surface area contributed by atoms with Crippen molar-refractivity contribution in [3.05, 3.63) is 41.5 Å². The maximum atomic E-state index is 11.0. The summed E-state index contributed by atoms with van der Waals surface area (Å²) in [6.45, 7) is 2.01. The first-order valence-electron chi connectivity index (χ1n) is 5.31. The average molecular weight is 244 g/mol. The molecule has 0 bridgehead atoms. The number of benzene rings is 1. The molecule has 0 saturated heterocycles. The van der Waals surface area contributed by atoms with E-state index in [1.165, 1.54) is 6.08 Å². The summed E-state index contributed by atoms with van der Waals surface area (Å²) in [5.41, 5.74) is 1.41. The summed E-state index contributed by atoms with van der Waals surface area (Å²) < 4.78 is 4.66. The van der Waals surface area contributed by atoms with Crippen LogP contribution in [0.1, 0.15) is 18.1 Å². The second-order valence-corrected chi connectivity index (χ2v) is 3.26. The Bertz CT molecular complexity index is 515. The van der Waals surface area contributed by atoms with E-state index >= 15 is 0 Å². The van der Waals surface area contributed by atoms with Crippen molar-refractivity contribution in [2.24, 2.45) is 0 Å². The minimum absolute atomic E-state index is 0.298. The highest BCUT2D eigenvalue weighted by Crippen LogP contribution is 2.05. The smallest absolute Gasteiger partial charge is 0.384 e. The topological polar surface area (TPSA) is 63.6 Å². The molecular formula is C14H12O4.